The third kappa shape index (κ3) is 1.89. The van der Waals surface area contributed by atoms with E-state index in [4.69, 9.17) is 11.6 Å². The average molecular weight is 250 g/mol. The maximum atomic E-state index is 12.0. The number of sulfonamides is 1. The van der Waals surface area contributed by atoms with E-state index in [1.54, 1.807) is 7.05 Å². The van der Waals surface area contributed by atoms with Crippen LogP contribution in [0.15, 0.2) is 11.2 Å². The van der Waals surface area contributed by atoms with Crippen molar-refractivity contribution >= 4 is 21.6 Å². The zero-order valence-electron chi connectivity index (χ0n) is 8.27. The van der Waals surface area contributed by atoms with Crippen molar-refractivity contribution in [2.24, 2.45) is 0 Å². The highest BCUT2D eigenvalue weighted by Crippen LogP contribution is 2.27. The van der Waals surface area contributed by atoms with Crippen LogP contribution >= 0.6 is 11.6 Å². The summed E-state index contributed by atoms with van der Waals surface area (Å²) in [4.78, 5) is 6.20. The maximum Gasteiger partial charge on any atom is 0.260 e. The van der Waals surface area contributed by atoms with E-state index in [1.807, 2.05) is 0 Å². The molecule has 15 heavy (non-hydrogen) atoms. The van der Waals surface area contributed by atoms with Crippen molar-refractivity contribution in [3.05, 3.63) is 11.5 Å². The summed E-state index contributed by atoms with van der Waals surface area (Å²) in [6, 6.07) is 0.122. The van der Waals surface area contributed by atoms with Crippen molar-refractivity contribution in [1.29, 1.82) is 0 Å². The predicted octanol–water partition coefficient (Wildman–Crippen LogP) is 1.24. The standard InChI is InChI=1S/C8H12ClN3O2S/c1-12(6-3-2-4-6)15(13,14)7-5-10-8(9)11-7/h5-6H,2-4H2,1H3,(H,10,11). The lowest BCUT2D eigenvalue weighted by Crippen LogP contribution is -2.41. The molecule has 1 aromatic rings. The monoisotopic (exact) mass is 249 g/mol. The van der Waals surface area contributed by atoms with Crippen LogP contribution in [-0.4, -0.2) is 35.8 Å². The minimum atomic E-state index is -3.45. The van der Waals surface area contributed by atoms with Gasteiger partial charge in [0.1, 0.15) is 0 Å². The van der Waals surface area contributed by atoms with E-state index < -0.39 is 10.0 Å². The molecule has 1 heterocycles. The lowest BCUT2D eigenvalue weighted by atomic mass is 9.94. The van der Waals surface area contributed by atoms with Gasteiger partial charge in [0.05, 0.1) is 6.20 Å². The largest absolute Gasteiger partial charge is 0.319 e. The molecule has 0 aliphatic heterocycles. The van der Waals surface area contributed by atoms with Crippen LogP contribution in [0.25, 0.3) is 0 Å². The minimum absolute atomic E-state index is 0.0573. The summed E-state index contributed by atoms with van der Waals surface area (Å²) >= 11 is 5.55. The normalized spacial score (nSPS) is 18.1. The second-order valence-electron chi connectivity index (χ2n) is 3.64. The molecule has 0 radical (unpaired) electrons. The third-order valence-electron chi connectivity index (χ3n) is 2.77. The highest BCUT2D eigenvalue weighted by atomic mass is 35.5. The van der Waals surface area contributed by atoms with E-state index in [9.17, 15) is 8.42 Å². The van der Waals surface area contributed by atoms with Crippen molar-refractivity contribution in [1.82, 2.24) is 14.3 Å². The number of nitrogens with zero attached hydrogens (tertiary/aromatic N) is 2. The molecule has 0 aromatic carbocycles. The van der Waals surface area contributed by atoms with Crippen LogP contribution in [0.5, 0.6) is 0 Å². The van der Waals surface area contributed by atoms with Gasteiger partial charge in [-0.25, -0.2) is 13.4 Å². The molecule has 0 unspecified atom stereocenters. The summed E-state index contributed by atoms with van der Waals surface area (Å²) < 4.78 is 25.3. The summed E-state index contributed by atoms with van der Waals surface area (Å²) in [5, 5.41) is 0.150. The number of hydrogen-bond donors (Lipinski definition) is 1. The molecule has 0 saturated heterocycles. The zero-order chi connectivity index (χ0) is 11.1. The van der Waals surface area contributed by atoms with Gasteiger partial charge in [-0.2, -0.15) is 4.31 Å². The smallest absolute Gasteiger partial charge is 0.260 e. The Morgan fingerprint density at radius 1 is 1.60 bits per heavy atom. The van der Waals surface area contributed by atoms with Gasteiger partial charge in [-0.1, -0.05) is 6.42 Å². The van der Waals surface area contributed by atoms with Crippen molar-refractivity contribution in [2.75, 3.05) is 7.05 Å². The molecule has 1 fully saturated rings. The number of aromatic amines is 1. The molecule has 0 spiro atoms. The van der Waals surface area contributed by atoms with Crippen LogP contribution in [0.3, 0.4) is 0 Å². The SMILES string of the molecule is CN(C1CCC1)S(=O)(=O)c1cnc(Cl)[nH]1. The van der Waals surface area contributed by atoms with Gasteiger partial charge in [-0.05, 0) is 24.4 Å². The number of hydrogen-bond acceptors (Lipinski definition) is 3. The van der Waals surface area contributed by atoms with E-state index in [0.717, 1.165) is 19.3 Å². The van der Waals surface area contributed by atoms with Gasteiger partial charge in [-0.15, -0.1) is 0 Å². The summed E-state index contributed by atoms with van der Waals surface area (Å²) in [5.41, 5.74) is 0. The van der Waals surface area contributed by atoms with E-state index >= 15 is 0 Å². The lowest BCUT2D eigenvalue weighted by molar-refractivity contribution is 0.249. The van der Waals surface area contributed by atoms with Gasteiger partial charge in [0.15, 0.2) is 5.03 Å². The molecule has 1 aromatic heterocycles. The summed E-state index contributed by atoms with van der Waals surface area (Å²) in [6.45, 7) is 0. The second kappa shape index (κ2) is 3.77. The molecule has 7 heteroatoms. The van der Waals surface area contributed by atoms with Gasteiger partial charge in [0.2, 0.25) is 5.28 Å². The molecule has 1 N–H and O–H groups in total. The maximum absolute atomic E-state index is 12.0. The molecule has 0 atom stereocenters. The predicted molar refractivity (Wildman–Crippen MR) is 56.2 cm³/mol. The Morgan fingerprint density at radius 2 is 2.27 bits per heavy atom. The number of aromatic nitrogens is 2. The van der Waals surface area contributed by atoms with Crippen molar-refractivity contribution in [3.8, 4) is 0 Å². The minimum Gasteiger partial charge on any atom is -0.319 e. The number of imidazole rings is 1. The molecule has 0 bridgehead atoms. The Labute approximate surface area is 93.5 Å². The quantitative estimate of drug-likeness (QED) is 0.876. The summed E-state index contributed by atoms with van der Waals surface area (Å²) in [5.74, 6) is 0. The first kappa shape index (κ1) is 10.9. The third-order valence-corrected chi connectivity index (χ3v) is 4.78. The van der Waals surface area contributed by atoms with Gasteiger partial charge in [-0.3, -0.25) is 0 Å². The number of nitrogens with one attached hydrogen (secondary N) is 1. The fraction of sp³-hybridized carbons (Fsp3) is 0.625. The second-order valence-corrected chi connectivity index (χ2v) is 5.97. The fourth-order valence-electron chi connectivity index (χ4n) is 1.51. The molecule has 1 saturated carbocycles. The van der Waals surface area contributed by atoms with Crippen molar-refractivity contribution in [2.45, 2.75) is 30.3 Å². The number of H-pyrrole nitrogens is 1. The summed E-state index contributed by atoms with van der Waals surface area (Å²) in [6.07, 6.45) is 4.19. The van der Waals surface area contributed by atoms with Crippen LogP contribution in [0.1, 0.15) is 19.3 Å². The van der Waals surface area contributed by atoms with E-state index in [2.05, 4.69) is 9.97 Å². The summed E-state index contributed by atoms with van der Waals surface area (Å²) in [7, 11) is -1.86. The molecule has 1 aliphatic carbocycles. The molecule has 2 rings (SSSR count). The van der Waals surface area contributed by atoms with Crippen LogP contribution in [0.4, 0.5) is 0 Å². The topological polar surface area (TPSA) is 66.1 Å². The average Bonchev–Trinajstić information content (AvgIpc) is 2.49. The van der Waals surface area contributed by atoms with Gasteiger partial charge in [0.25, 0.3) is 10.0 Å². The Kier molecular flexibility index (Phi) is 2.74. The van der Waals surface area contributed by atoms with Gasteiger partial charge in [0, 0.05) is 13.1 Å². The molecular weight excluding hydrogens is 238 g/mol. The van der Waals surface area contributed by atoms with Crippen LogP contribution in [0, 0.1) is 0 Å². The highest BCUT2D eigenvalue weighted by Gasteiger charge is 2.32. The Hall–Kier alpha value is -0.590. The van der Waals surface area contributed by atoms with Crippen LogP contribution < -0.4 is 0 Å². The van der Waals surface area contributed by atoms with Crippen molar-refractivity contribution in [3.63, 3.8) is 0 Å². The van der Waals surface area contributed by atoms with Crippen molar-refractivity contribution < 1.29 is 8.42 Å². The first-order valence-electron chi connectivity index (χ1n) is 4.70. The fourth-order valence-corrected chi connectivity index (χ4v) is 3.05. The lowest BCUT2D eigenvalue weighted by Gasteiger charge is -2.33. The number of rotatable bonds is 3. The Bertz CT molecular complexity index is 452. The first-order valence-corrected chi connectivity index (χ1v) is 6.52. The molecule has 84 valence electrons. The van der Waals surface area contributed by atoms with E-state index in [-0.39, 0.29) is 16.4 Å². The molecule has 5 nitrogen and oxygen atoms in total. The van der Waals surface area contributed by atoms with Gasteiger partial charge >= 0.3 is 0 Å². The van der Waals surface area contributed by atoms with Gasteiger partial charge < -0.3 is 4.98 Å². The van der Waals surface area contributed by atoms with E-state index in [1.165, 1.54) is 10.5 Å². The number of halogens is 1. The zero-order valence-corrected chi connectivity index (χ0v) is 9.85. The molecule has 0 amide bonds. The molecule has 1 aliphatic rings. The Balaban J connectivity index is 2.26. The van der Waals surface area contributed by atoms with Crippen LogP contribution in [0.2, 0.25) is 5.28 Å². The van der Waals surface area contributed by atoms with E-state index in [0.29, 0.717) is 0 Å². The Morgan fingerprint density at radius 3 is 2.67 bits per heavy atom. The van der Waals surface area contributed by atoms with Crippen LogP contribution in [-0.2, 0) is 10.0 Å². The molecular formula is C8H12ClN3O2S. The highest BCUT2D eigenvalue weighted by molar-refractivity contribution is 7.89. The first-order chi connectivity index (χ1) is 7.01.